The first-order valence-corrected chi connectivity index (χ1v) is 4.95. The molecule has 0 heterocycles. The zero-order chi connectivity index (χ0) is 11.1. The first-order chi connectivity index (χ1) is 6.52. The van der Waals surface area contributed by atoms with Gasteiger partial charge in [-0.2, -0.15) is 0 Å². The molecule has 0 aromatic carbocycles. The number of hydrogen-bond donors (Lipinski definition) is 0. The van der Waals surface area contributed by atoms with Gasteiger partial charge in [0.2, 0.25) is 0 Å². The number of amides is 1. The van der Waals surface area contributed by atoms with Gasteiger partial charge in [-0.15, -0.1) is 0 Å². The molecule has 0 spiro atoms. The van der Waals surface area contributed by atoms with Crippen LogP contribution in [0.4, 0.5) is 4.79 Å². The Morgan fingerprint density at radius 3 is 2.29 bits per heavy atom. The number of ether oxygens (including phenoxy) is 1. The maximum absolute atomic E-state index is 11.3. The molecule has 0 aromatic heterocycles. The quantitative estimate of drug-likeness (QED) is 0.680. The van der Waals surface area contributed by atoms with Crippen LogP contribution in [0.3, 0.4) is 0 Å². The highest BCUT2D eigenvalue weighted by molar-refractivity contribution is 5.78. The molecule has 0 aliphatic rings. The molecule has 0 aliphatic carbocycles. The van der Waals surface area contributed by atoms with Gasteiger partial charge < -0.3 is 9.64 Å². The Labute approximate surface area is 85.2 Å². The van der Waals surface area contributed by atoms with Gasteiger partial charge in [0.1, 0.15) is 5.78 Å². The average Bonchev–Trinajstić information content (AvgIpc) is 2.13. The lowest BCUT2D eigenvalue weighted by Crippen LogP contribution is -2.36. The van der Waals surface area contributed by atoms with Crippen molar-refractivity contribution < 1.29 is 14.3 Å². The summed E-state index contributed by atoms with van der Waals surface area (Å²) in [4.78, 5) is 23.9. The number of rotatable bonds is 5. The topological polar surface area (TPSA) is 46.6 Å². The summed E-state index contributed by atoms with van der Waals surface area (Å²) >= 11 is 0. The second-order valence-electron chi connectivity index (χ2n) is 3.25. The van der Waals surface area contributed by atoms with Gasteiger partial charge in [0.25, 0.3) is 0 Å². The monoisotopic (exact) mass is 201 g/mol. The predicted molar refractivity (Wildman–Crippen MR) is 54.1 cm³/mol. The molecule has 0 saturated carbocycles. The van der Waals surface area contributed by atoms with Crippen LogP contribution in [-0.4, -0.2) is 36.5 Å². The summed E-state index contributed by atoms with van der Waals surface area (Å²) < 4.78 is 4.85. The van der Waals surface area contributed by atoms with Gasteiger partial charge in [0, 0.05) is 19.0 Å². The molecule has 82 valence electrons. The van der Waals surface area contributed by atoms with E-state index in [4.69, 9.17) is 4.74 Å². The molecule has 0 bridgehead atoms. The van der Waals surface area contributed by atoms with Crippen LogP contribution in [0.15, 0.2) is 0 Å². The van der Waals surface area contributed by atoms with Gasteiger partial charge in [-0.3, -0.25) is 4.79 Å². The molecule has 4 nitrogen and oxygen atoms in total. The van der Waals surface area contributed by atoms with Crippen LogP contribution in [0.25, 0.3) is 0 Å². The minimum Gasteiger partial charge on any atom is -0.450 e. The summed E-state index contributed by atoms with van der Waals surface area (Å²) in [6.45, 7) is 8.34. The van der Waals surface area contributed by atoms with E-state index in [-0.39, 0.29) is 17.8 Å². The van der Waals surface area contributed by atoms with Crippen molar-refractivity contribution in [3.05, 3.63) is 0 Å². The van der Waals surface area contributed by atoms with Crippen LogP contribution in [0.2, 0.25) is 0 Å². The minimum atomic E-state index is -0.344. The standard InChI is InChI=1S/C10H19NO3/c1-5-11(10(13)14-6-2)7-8(3)9(4)12/h8H,5-7H2,1-4H3. The van der Waals surface area contributed by atoms with Gasteiger partial charge in [-0.1, -0.05) is 6.92 Å². The van der Waals surface area contributed by atoms with E-state index >= 15 is 0 Å². The molecule has 0 rings (SSSR count). The molecule has 0 saturated heterocycles. The summed E-state index contributed by atoms with van der Waals surface area (Å²) in [7, 11) is 0. The Bertz CT molecular complexity index is 204. The Morgan fingerprint density at radius 2 is 1.93 bits per heavy atom. The van der Waals surface area contributed by atoms with Crippen LogP contribution in [0.1, 0.15) is 27.7 Å². The zero-order valence-electron chi connectivity index (χ0n) is 9.37. The van der Waals surface area contributed by atoms with Crippen molar-refractivity contribution in [3.63, 3.8) is 0 Å². The van der Waals surface area contributed by atoms with Gasteiger partial charge >= 0.3 is 6.09 Å². The maximum atomic E-state index is 11.3. The van der Waals surface area contributed by atoms with E-state index in [1.165, 1.54) is 11.8 Å². The number of carbonyl (C=O) groups excluding carboxylic acids is 2. The number of ketones is 1. The van der Waals surface area contributed by atoms with Gasteiger partial charge in [-0.05, 0) is 20.8 Å². The second-order valence-corrected chi connectivity index (χ2v) is 3.25. The summed E-state index contributed by atoms with van der Waals surface area (Å²) in [5, 5.41) is 0. The van der Waals surface area contributed by atoms with E-state index in [2.05, 4.69) is 0 Å². The number of carbonyl (C=O) groups is 2. The molecule has 1 unspecified atom stereocenters. The van der Waals surface area contributed by atoms with Crippen LogP contribution >= 0.6 is 0 Å². The first kappa shape index (κ1) is 12.9. The summed E-state index contributed by atoms with van der Waals surface area (Å²) in [6.07, 6.45) is -0.344. The molecular weight excluding hydrogens is 182 g/mol. The molecule has 0 fully saturated rings. The Hall–Kier alpha value is -1.06. The first-order valence-electron chi connectivity index (χ1n) is 4.95. The molecule has 14 heavy (non-hydrogen) atoms. The summed E-state index contributed by atoms with van der Waals surface area (Å²) in [6, 6.07) is 0. The Balaban J connectivity index is 4.14. The third-order valence-electron chi connectivity index (χ3n) is 2.10. The van der Waals surface area contributed by atoms with Gasteiger partial charge in [0.05, 0.1) is 6.61 Å². The van der Waals surface area contributed by atoms with Gasteiger partial charge in [-0.25, -0.2) is 4.79 Å². The van der Waals surface area contributed by atoms with E-state index in [1.54, 1.807) is 6.92 Å². The van der Waals surface area contributed by atoms with E-state index < -0.39 is 0 Å². The molecule has 0 aliphatic heterocycles. The lowest BCUT2D eigenvalue weighted by Gasteiger charge is -2.22. The highest BCUT2D eigenvalue weighted by Gasteiger charge is 2.17. The third kappa shape index (κ3) is 4.25. The lowest BCUT2D eigenvalue weighted by atomic mass is 10.1. The summed E-state index contributed by atoms with van der Waals surface area (Å²) in [5.74, 6) is -0.0351. The molecule has 0 N–H and O–H groups in total. The van der Waals surface area contributed by atoms with Crippen LogP contribution in [-0.2, 0) is 9.53 Å². The van der Waals surface area contributed by atoms with Crippen molar-refractivity contribution in [1.29, 1.82) is 0 Å². The molecule has 0 radical (unpaired) electrons. The van der Waals surface area contributed by atoms with E-state index in [9.17, 15) is 9.59 Å². The molecular formula is C10H19NO3. The van der Waals surface area contributed by atoms with Crippen molar-refractivity contribution in [2.24, 2.45) is 5.92 Å². The van der Waals surface area contributed by atoms with E-state index in [0.29, 0.717) is 19.7 Å². The third-order valence-corrected chi connectivity index (χ3v) is 2.10. The highest BCUT2D eigenvalue weighted by atomic mass is 16.6. The smallest absolute Gasteiger partial charge is 0.409 e. The Kier molecular flexibility index (Phi) is 5.92. The summed E-state index contributed by atoms with van der Waals surface area (Å²) in [5.41, 5.74) is 0. The number of nitrogens with zero attached hydrogens (tertiary/aromatic N) is 1. The van der Waals surface area contributed by atoms with Crippen LogP contribution in [0.5, 0.6) is 0 Å². The minimum absolute atomic E-state index is 0.0905. The SMILES string of the molecule is CCOC(=O)N(CC)CC(C)C(C)=O. The van der Waals surface area contributed by atoms with Crippen molar-refractivity contribution in [2.75, 3.05) is 19.7 Å². The predicted octanol–water partition coefficient (Wildman–Crippen LogP) is 1.69. The average molecular weight is 201 g/mol. The lowest BCUT2D eigenvalue weighted by molar-refractivity contribution is -0.120. The van der Waals surface area contributed by atoms with E-state index in [1.807, 2.05) is 13.8 Å². The molecule has 0 aromatic rings. The van der Waals surface area contributed by atoms with Gasteiger partial charge in [0.15, 0.2) is 0 Å². The molecule has 4 heteroatoms. The molecule has 1 amide bonds. The van der Waals surface area contributed by atoms with Crippen LogP contribution in [0, 0.1) is 5.92 Å². The number of hydrogen-bond acceptors (Lipinski definition) is 3. The highest BCUT2D eigenvalue weighted by Crippen LogP contribution is 2.03. The van der Waals surface area contributed by atoms with Crippen molar-refractivity contribution in [1.82, 2.24) is 4.90 Å². The second kappa shape index (κ2) is 6.40. The zero-order valence-corrected chi connectivity index (χ0v) is 9.37. The fourth-order valence-electron chi connectivity index (χ4n) is 1.01. The van der Waals surface area contributed by atoms with Crippen molar-refractivity contribution in [2.45, 2.75) is 27.7 Å². The largest absolute Gasteiger partial charge is 0.450 e. The van der Waals surface area contributed by atoms with Crippen LogP contribution < -0.4 is 0 Å². The Morgan fingerprint density at radius 1 is 1.36 bits per heavy atom. The fraction of sp³-hybridized carbons (Fsp3) is 0.800. The number of Topliss-reactive ketones (excluding diaryl/α,β-unsaturated/α-hetero) is 1. The van der Waals surface area contributed by atoms with Crippen molar-refractivity contribution >= 4 is 11.9 Å². The maximum Gasteiger partial charge on any atom is 0.409 e. The van der Waals surface area contributed by atoms with E-state index in [0.717, 1.165) is 0 Å². The fourth-order valence-corrected chi connectivity index (χ4v) is 1.01. The van der Waals surface area contributed by atoms with Crippen molar-refractivity contribution in [3.8, 4) is 0 Å². The molecule has 1 atom stereocenters. The normalized spacial score (nSPS) is 12.0.